The van der Waals surface area contributed by atoms with Crippen LogP contribution in [0.1, 0.15) is 49.9 Å². The van der Waals surface area contributed by atoms with Crippen molar-refractivity contribution >= 4 is 33.2 Å². The van der Waals surface area contributed by atoms with Crippen LogP contribution in [0.3, 0.4) is 0 Å². The van der Waals surface area contributed by atoms with E-state index >= 15 is 0 Å². The maximum Gasteiger partial charge on any atom is 0.263 e. The van der Waals surface area contributed by atoms with E-state index in [1.807, 2.05) is 0 Å². The fraction of sp³-hybridized carbons (Fsp3) is 0.381. The number of benzene rings is 2. The maximum absolute atomic E-state index is 12.7. The van der Waals surface area contributed by atoms with Crippen LogP contribution >= 0.6 is 11.6 Å². The van der Waals surface area contributed by atoms with Crippen LogP contribution in [0.5, 0.6) is 0 Å². The average molecular weight is 423 g/mol. The van der Waals surface area contributed by atoms with Gasteiger partial charge in [0.05, 0.1) is 5.02 Å². The summed E-state index contributed by atoms with van der Waals surface area (Å²) in [6, 6.07) is 12.8. The third kappa shape index (κ3) is 6.24. The Morgan fingerprint density at radius 2 is 1.82 bits per heavy atom. The van der Waals surface area contributed by atoms with Crippen LogP contribution in [0, 0.1) is 5.92 Å². The molecule has 2 aromatic carbocycles. The van der Waals surface area contributed by atoms with E-state index in [4.69, 9.17) is 11.6 Å². The second-order valence-electron chi connectivity index (χ2n) is 6.74. The van der Waals surface area contributed by atoms with Gasteiger partial charge >= 0.3 is 0 Å². The zero-order chi connectivity index (χ0) is 20.6. The zero-order valence-electron chi connectivity index (χ0n) is 16.2. The van der Waals surface area contributed by atoms with E-state index in [-0.39, 0.29) is 21.4 Å². The van der Waals surface area contributed by atoms with Gasteiger partial charge in [0.2, 0.25) is 0 Å². The van der Waals surface area contributed by atoms with Gasteiger partial charge < -0.3 is 5.32 Å². The molecule has 5 nitrogen and oxygen atoms in total. The molecule has 1 atom stereocenters. The van der Waals surface area contributed by atoms with Crippen LogP contribution < -0.4 is 10.0 Å². The first-order valence-corrected chi connectivity index (χ1v) is 11.4. The summed E-state index contributed by atoms with van der Waals surface area (Å²) in [5, 5.41) is 2.97. The van der Waals surface area contributed by atoms with Crippen molar-refractivity contribution in [1.29, 1.82) is 0 Å². The van der Waals surface area contributed by atoms with Gasteiger partial charge in [-0.15, -0.1) is 0 Å². The van der Waals surface area contributed by atoms with Gasteiger partial charge in [-0.25, -0.2) is 8.42 Å². The van der Waals surface area contributed by atoms with E-state index in [0.717, 1.165) is 25.7 Å². The number of anilines is 1. The van der Waals surface area contributed by atoms with E-state index in [1.165, 1.54) is 18.2 Å². The van der Waals surface area contributed by atoms with Gasteiger partial charge in [0.1, 0.15) is 4.90 Å². The highest BCUT2D eigenvalue weighted by molar-refractivity contribution is 7.92. The minimum absolute atomic E-state index is 0.0642. The summed E-state index contributed by atoms with van der Waals surface area (Å²) < 4.78 is 27.9. The zero-order valence-corrected chi connectivity index (χ0v) is 17.8. The molecule has 2 aromatic rings. The minimum Gasteiger partial charge on any atom is -0.352 e. The highest BCUT2D eigenvalue weighted by Crippen LogP contribution is 2.25. The van der Waals surface area contributed by atoms with Gasteiger partial charge in [-0.05, 0) is 42.7 Å². The van der Waals surface area contributed by atoms with Gasteiger partial charge in [-0.2, -0.15) is 0 Å². The van der Waals surface area contributed by atoms with Gasteiger partial charge in [0.25, 0.3) is 15.9 Å². The highest BCUT2D eigenvalue weighted by atomic mass is 35.5. The predicted octanol–water partition coefficient (Wildman–Crippen LogP) is 5.09. The Hall–Kier alpha value is -2.05. The quantitative estimate of drug-likeness (QED) is 0.560. The number of halogens is 1. The number of amides is 1. The molecular formula is C21H27ClN2O3S. The van der Waals surface area contributed by atoms with Gasteiger partial charge in [-0.3, -0.25) is 9.52 Å². The van der Waals surface area contributed by atoms with Gasteiger partial charge in [-0.1, -0.05) is 62.9 Å². The minimum atomic E-state index is -3.91. The van der Waals surface area contributed by atoms with Crippen LogP contribution in [0.15, 0.2) is 53.4 Å². The van der Waals surface area contributed by atoms with Crippen LogP contribution in [0.2, 0.25) is 5.02 Å². The SMILES string of the molecule is CCCC[C@@H](CC)CNC(=O)c1ccc(Cl)c(S(=O)(=O)Nc2ccccc2)c1. The van der Waals surface area contributed by atoms with Crippen molar-refractivity contribution in [2.45, 2.75) is 44.4 Å². The molecule has 0 saturated carbocycles. The third-order valence-electron chi connectivity index (χ3n) is 4.60. The monoisotopic (exact) mass is 422 g/mol. The number of carbonyl (C=O) groups excluding carboxylic acids is 1. The van der Waals surface area contributed by atoms with Crippen LogP contribution in [0.25, 0.3) is 0 Å². The Kier molecular flexibility index (Phi) is 8.33. The molecule has 1 amide bonds. The molecule has 28 heavy (non-hydrogen) atoms. The van der Waals surface area contributed by atoms with Crippen molar-refractivity contribution in [3.8, 4) is 0 Å². The molecule has 0 radical (unpaired) electrons. The first kappa shape index (κ1) is 22.2. The fourth-order valence-electron chi connectivity index (χ4n) is 2.85. The predicted molar refractivity (Wildman–Crippen MR) is 114 cm³/mol. The Labute approximate surface area is 172 Å². The second-order valence-corrected chi connectivity index (χ2v) is 8.80. The first-order valence-electron chi connectivity index (χ1n) is 9.53. The molecule has 152 valence electrons. The number of hydrogen-bond donors (Lipinski definition) is 2. The second kappa shape index (κ2) is 10.5. The molecule has 7 heteroatoms. The summed E-state index contributed by atoms with van der Waals surface area (Å²) in [6.07, 6.45) is 4.30. The Balaban J connectivity index is 2.14. The van der Waals surface area contributed by atoms with E-state index < -0.39 is 10.0 Å². The molecule has 0 aliphatic heterocycles. The Morgan fingerprint density at radius 1 is 1.11 bits per heavy atom. The summed E-state index contributed by atoms with van der Waals surface area (Å²) in [6.45, 7) is 4.82. The van der Waals surface area contributed by atoms with Gasteiger partial charge in [0, 0.05) is 17.8 Å². The van der Waals surface area contributed by atoms with Gasteiger partial charge in [0.15, 0.2) is 0 Å². The molecule has 0 unspecified atom stereocenters. The molecule has 0 aliphatic carbocycles. The molecule has 0 saturated heterocycles. The summed E-state index contributed by atoms with van der Waals surface area (Å²) in [4.78, 5) is 12.4. The largest absolute Gasteiger partial charge is 0.352 e. The van der Waals surface area contributed by atoms with Crippen molar-refractivity contribution in [3.63, 3.8) is 0 Å². The summed E-state index contributed by atoms with van der Waals surface area (Å²) in [5.41, 5.74) is 0.693. The fourth-order valence-corrected chi connectivity index (χ4v) is 4.43. The number of sulfonamides is 1. The van der Waals surface area contributed by atoms with E-state index in [0.29, 0.717) is 18.2 Å². The van der Waals surface area contributed by atoms with Crippen molar-refractivity contribution in [2.24, 2.45) is 5.92 Å². The van der Waals surface area contributed by atoms with E-state index in [2.05, 4.69) is 23.9 Å². The maximum atomic E-state index is 12.7. The molecule has 0 bridgehead atoms. The molecule has 0 aliphatic rings. The lowest BCUT2D eigenvalue weighted by atomic mass is 9.99. The lowest BCUT2D eigenvalue weighted by Crippen LogP contribution is -2.29. The first-order chi connectivity index (χ1) is 13.4. The molecule has 0 fully saturated rings. The summed E-state index contributed by atoms with van der Waals surface area (Å²) in [5.74, 6) is 0.113. The highest BCUT2D eigenvalue weighted by Gasteiger charge is 2.20. The Morgan fingerprint density at radius 3 is 2.46 bits per heavy atom. The smallest absolute Gasteiger partial charge is 0.263 e. The van der Waals surface area contributed by atoms with Crippen LogP contribution in [0.4, 0.5) is 5.69 Å². The molecule has 2 rings (SSSR count). The summed E-state index contributed by atoms with van der Waals surface area (Å²) in [7, 11) is -3.91. The number of unbranched alkanes of at least 4 members (excludes halogenated alkanes) is 1. The van der Waals surface area contributed by atoms with Crippen molar-refractivity contribution < 1.29 is 13.2 Å². The lowest BCUT2D eigenvalue weighted by Gasteiger charge is -2.16. The molecule has 0 heterocycles. The molecular weight excluding hydrogens is 396 g/mol. The number of para-hydroxylation sites is 1. The normalized spacial score (nSPS) is 12.4. The topological polar surface area (TPSA) is 75.3 Å². The van der Waals surface area contributed by atoms with E-state index in [1.54, 1.807) is 30.3 Å². The van der Waals surface area contributed by atoms with E-state index in [9.17, 15) is 13.2 Å². The van der Waals surface area contributed by atoms with Crippen molar-refractivity contribution in [2.75, 3.05) is 11.3 Å². The van der Waals surface area contributed by atoms with Crippen LogP contribution in [-0.2, 0) is 10.0 Å². The number of hydrogen-bond acceptors (Lipinski definition) is 3. The summed E-state index contributed by atoms with van der Waals surface area (Å²) >= 11 is 6.11. The Bertz CT molecular complexity index is 886. The van der Waals surface area contributed by atoms with Crippen molar-refractivity contribution in [1.82, 2.24) is 5.32 Å². The molecule has 0 spiro atoms. The average Bonchev–Trinajstić information content (AvgIpc) is 2.68. The number of nitrogens with one attached hydrogen (secondary N) is 2. The standard InChI is InChI=1S/C21H27ClN2O3S/c1-3-5-9-16(4-2)15-23-21(25)17-12-13-19(22)20(14-17)28(26,27)24-18-10-7-6-8-11-18/h6-8,10-14,16,24H,3-5,9,15H2,1-2H3,(H,23,25)/t16-/m1/s1. The molecule has 2 N–H and O–H groups in total. The molecule has 0 aromatic heterocycles. The number of carbonyl (C=O) groups is 1. The van der Waals surface area contributed by atoms with Crippen LogP contribution in [-0.4, -0.2) is 20.9 Å². The van der Waals surface area contributed by atoms with Crippen molar-refractivity contribution in [3.05, 3.63) is 59.1 Å². The number of rotatable bonds is 10. The lowest BCUT2D eigenvalue weighted by molar-refractivity contribution is 0.0945. The third-order valence-corrected chi connectivity index (χ3v) is 6.47.